The maximum absolute atomic E-state index is 2.62. The van der Waals surface area contributed by atoms with Crippen LogP contribution in [0.5, 0.6) is 0 Å². The molecule has 0 saturated heterocycles. The molecule has 0 aliphatic heterocycles. The Labute approximate surface area is 509 Å². The third-order valence-corrected chi connectivity index (χ3v) is 21.5. The Bertz CT molecular complexity index is 4140. The third kappa shape index (κ3) is 7.44. The summed E-state index contributed by atoms with van der Waals surface area (Å²) in [6, 6.07) is 91.7. The van der Waals surface area contributed by atoms with E-state index in [0.717, 1.165) is 25.7 Å². The number of hydrogen-bond acceptors (Lipinski definition) is 2. The standard InChI is InChI=1S/C84H74N2/c1-10-11-45-84(52-53-23-13-12-14-24-53)78-50-58(85(54-33-39-64-60-25-15-19-29-70(60)80(2,3)74(64)46-54)55-34-40-65-61-26-16-20-30-71(61)81(4,5)75(65)47-55)37-43-68(78)69-44-38-59(51-79(69)84)86(56-35-41-66-62-27-17-21-31-72(62)82(6,7)76(66)48-56)57-36-42-67-63-28-18-22-32-73(63)83(8,9)77(67)49-57/h12-44,46-51H,10-11,45,52H2,1-9H3. The zero-order valence-electron chi connectivity index (χ0n) is 51.2. The van der Waals surface area contributed by atoms with Gasteiger partial charge >= 0.3 is 0 Å². The average molecular weight is 1110 g/mol. The monoisotopic (exact) mass is 1110 g/mol. The van der Waals surface area contributed by atoms with Crippen molar-refractivity contribution in [1.29, 1.82) is 0 Å². The zero-order valence-corrected chi connectivity index (χ0v) is 51.2. The molecule has 5 aliphatic carbocycles. The molecule has 0 amide bonds. The van der Waals surface area contributed by atoms with Crippen molar-refractivity contribution in [3.63, 3.8) is 0 Å². The van der Waals surface area contributed by atoms with Gasteiger partial charge < -0.3 is 9.80 Å². The molecular weight excluding hydrogens is 1040 g/mol. The SMILES string of the molecule is CCCCC1(Cc2ccccc2)c2cc(N(c3ccc4c(c3)C(C)(C)c3ccccc3-4)c3ccc4c(c3)C(C)(C)c3ccccc3-4)ccc2-c2ccc(N(c3ccc4c(c3)C(C)(C)c3ccccc3-4)c3ccc4c(c3)C(C)(C)c3ccccc3-4)cc21. The van der Waals surface area contributed by atoms with Gasteiger partial charge in [0.1, 0.15) is 0 Å². The molecule has 0 radical (unpaired) electrons. The van der Waals surface area contributed by atoms with Gasteiger partial charge in [-0.05, 0) is 202 Å². The van der Waals surface area contributed by atoms with Crippen molar-refractivity contribution in [2.24, 2.45) is 0 Å². The predicted molar refractivity (Wildman–Crippen MR) is 362 cm³/mol. The molecule has 420 valence electrons. The number of benzene rings is 11. The fourth-order valence-electron chi connectivity index (χ4n) is 16.9. The van der Waals surface area contributed by atoms with Crippen LogP contribution in [0.1, 0.15) is 143 Å². The Morgan fingerprint density at radius 1 is 0.256 bits per heavy atom. The molecule has 0 heterocycles. The van der Waals surface area contributed by atoms with Crippen molar-refractivity contribution in [3.8, 4) is 55.6 Å². The van der Waals surface area contributed by atoms with E-state index >= 15 is 0 Å². The van der Waals surface area contributed by atoms with Crippen LogP contribution < -0.4 is 9.80 Å². The van der Waals surface area contributed by atoms with Gasteiger partial charge in [-0.1, -0.05) is 239 Å². The molecule has 2 nitrogen and oxygen atoms in total. The third-order valence-electron chi connectivity index (χ3n) is 21.5. The topological polar surface area (TPSA) is 6.48 Å². The highest BCUT2D eigenvalue weighted by Gasteiger charge is 2.46. The second kappa shape index (κ2) is 18.8. The van der Waals surface area contributed by atoms with Crippen LogP contribution in [0.25, 0.3) is 55.6 Å². The van der Waals surface area contributed by atoms with E-state index in [1.165, 1.54) is 151 Å². The molecule has 0 saturated carbocycles. The van der Waals surface area contributed by atoms with Crippen LogP contribution in [0, 0.1) is 0 Å². The van der Waals surface area contributed by atoms with Crippen LogP contribution in [0.3, 0.4) is 0 Å². The van der Waals surface area contributed by atoms with Gasteiger partial charge in [0.15, 0.2) is 0 Å². The lowest BCUT2D eigenvalue weighted by molar-refractivity contribution is 0.459. The summed E-state index contributed by atoms with van der Waals surface area (Å²) in [4.78, 5) is 5.17. The first-order valence-electron chi connectivity index (χ1n) is 31.5. The summed E-state index contributed by atoms with van der Waals surface area (Å²) < 4.78 is 0. The minimum absolute atomic E-state index is 0.159. The summed E-state index contributed by atoms with van der Waals surface area (Å²) in [5.41, 5.74) is 34.6. The minimum Gasteiger partial charge on any atom is -0.310 e. The van der Waals surface area contributed by atoms with Crippen molar-refractivity contribution in [1.82, 2.24) is 0 Å². The van der Waals surface area contributed by atoms with Crippen molar-refractivity contribution in [2.45, 2.75) is 115 Å². The molecule has 0 aromatic heterocycles. The largest absolute Gasteiger partial charge is 0.310 e. The normalized spacial score (nSPS) is 16.2. The molecule has 86 heavy (non-hydrogen) atoms. The van der Waals surface area contributed by atoms with E-state index in [0.29, 0.717) is 0 Å². The van der Waals surface area contributed by atoms with Crippen molar-refractivity contribution < 1.29 is 0 Å². The maximum Gasteiger partial charge on any atom is 0.0465 e. The Balaban J connectivity index is 0.903. The van der Waals surface area contributed by atoms with Gasteiger partial charge in [0, 0.05) is 61.2 Å². The Morgan fingerprint density at radius 3 is 0.791 bits per heavy atom. The smallest absolute Gasteiger partial charge is 0.0465 e. The number of anilines is 6. The maximum atomic E-state index is 2.62. The molecule has 11 aromatic carbocycles. The summed E-state index contributed by atoms with van der Waals surface area (Å²) in [5.74, 6) is 0. The Kier molecular flexibility index (Phi) is 11.5. The van der Waals surface area contributed by atoms with Crippen molar-refractivity contribution in [2.75, 3.05) is 9.80 Å². The first-order chi connectivity index (χ1) is 41.6. The second-order valence-corrected chi connectivity index (χ2v) is 27.6. The van der Waals surface area contributed by atoms with E-state index in [-0.39, 0.29) is 27.1 Å². The van der Waals surface area contributed by atoms with Gasteiger partial charge in [-0.25, -0.2) is 0 Å². The van der Waals surface area contributed by atoms with E-state index < -0.39 is 0 Å². The first kappa shape index (κ1) is 52.6. The van der Waals surface area contributed by atoms with Crippen LogP contribution in [0.15, 0.2) is 237 Å². The van der Waals surface area contributed by atoms with E-state index in [1.807, 2.05) is 0 Å². The van der Waals surface area contributed by atoms with Crippen LogP contribution >= 0.6 is 0 Å². The van der Waals surface area contributed by atoms with Crippen LogP contribution in [-0.4, -0.2) is 0 Å². The molecule has 0 N–H and O–H groups in total. The summed E-state index contributed by atoms with van der Waals surface area (Å²) >= 11 is 0. The highest BCUT2D eigenvalue weighted by molar-refractivity contribution is 5.94. The number of nitrogens with zero attached hydrogens (tertiary/aromatic N) is 2. The summed E-state index contributed by atoms with van der Waals surface area (Å²) in [6.45, 7) is 21.6. The lowest BCUT2D eigenvalue weighted by Crippen LogP contribution is -2.29. The van der Waals surface area contributed by atoms with Crippen molar-refractivity contribution >= 4 is 34.1 Å². The Morgan fingerprint density at radius 2 is 0.500 bits per heavy atom. The Hall–Kier alpha value is -8.98. The highest BCUT2D eigenvalue weighted by Crippen LogP contribution is 2.60. The van der Waals surface area contributed by atoms with E-state index in [4.69, 9.17) is 0 Å². The quantitative estimate of drug-likeness (QED) is 0.127. The van der Waals surface area contributed by atoms with Crippen LogP contribution in [-0.2, 0) is 33.5 Å². The number of rotatable bonds is 11. The van der Waals surface area contributed by atoms with E-state index in [1.54, 1.807) is 0 Å². The fraction of sp³-hybridized carbons (Fsp3) is 0.214. The van der Waals surface area contributed by atoms with Gasteiger partial charge in [0.2, 0.25) is 0 Å². The number of unbranched alkanes of at least 4 members (excludes halogenated alkanes) is 1. The van der Waals surface area contributed by atoms with E-state index in [2.05, 4.69) is 309 Å². The van der Waals surface area contributed by atoms with Gasteiger partial charge in [-0.3, -0.25) is 0 Å². The van der Waals surface area contributed by atoms with E-state index in [9.17, 15) is 0 Å². The van der Waals surface area contributed by atoms with Gasteiger partial charge in [0.05, 0.1) is 0 Å². The predicted octanol–water partition coefficient (Wildman–Crippen LogP) is 22.6. The van der Waals surface area contributed by atoms with Crippen LogP contribution in [0.4, 0.5) is 34.1 Å². The van der Waals surface area contributed by atoms with Gasteiger partial charge in [-0.15, -0.1) is 0 Å². The lowest BCUT2D eigenvalue weighted by atomic mass is 9.70. The molecule has 16 rings (SSSR count). The second-order valence-electron chi connectivity index (χ2n) is 27.6. The molecule has 11 aromatic rings. The molecule has 0 spiro atoms. The van der Waals surface area contributed by atoms with Gasteiger partial charge in [-0.2, -0.15) is 0 Å². The zero-order chi connectivity index (χ0) is 58.6. The molecule has 5 aliphatic rings. The van der Waals surface area contributed by atoms with Crippen molar-refractivity contribution in [3.05, 3.63) is 298 Å². The molecule has 2 heteroatoms. The first-order valence-corrected chi connectivity index (χ1v) is 31.5. The average Bonchev–Trinajstić information content (AvgIpc) is 3.22. The van der Waals surface area contributed by atoms with Crippen LogP contribution in [0.2, 0.25) is 0 Å². The molecular formula is C84H74N2. The molecule has 0 unspecified atom stereocenters. The summed E-state index contributed by atoms with van der Waals surface area (Å²) in [7, 11) is 0. The molecule has 0 fully saturated rings. The highest BCUT2D eigenvalue weighted by atomic mass is 15.1. The lowest BCUT2D eigenvalue weighted by Gasteiger charge is -2.35. The minimum atomic E-state index is -0.350. The summed E-state index contributed by atoms with van der Waals surface area (Å²) in [5, 5.41) is 0. The van der Waals surface area contributed by atoms with Gasteiger partial charge in [0.25, 0.3) is 0 Å². The number of hydrogen-bond donors (Lipinski definition) is 0. The molecule has 0 atom stereocenters. The molecule has 0 bridgehead atoms. The fourth-order valence-corrected chi connectivity index (χ4v) is 16.9. The summed E-state index contributed by atoms with van der Waals surface area (Å²) in [6.07, 6.45) is 4.09. The number of fused-ring (bicyclic) bond motifs is 15.